The molecular formula is C27H37N5O4. The Morgan fingerprint density at radius 3 is 2.50 bits per heavy atom. The van der Waals surface area contributed by atoms with Gasteiger partial charge in [-0.15, -0.1) is 0 Å². The van der Waals surface area contributed by atoms with Crippen LogP contribution in [0.15, 0.2) is 30.5 Å². The van der Waals surface area contributed by atoms with Gasteiger partial charge in [0.25, 0.3) is 0 Å². The van der Waals surface area contributed by atoms with Gasteiger partial charge in [-0.05, 0) is 43.7 Å². The van der Waals surface area contributed by atoms with E-state index >= 15 is 0 Å². The number of nitrogens with one attached hydrogen (secondary N) is 3. The molecule has 2 fully saturated rings. The van der Waals surface area contributed by atoms with Crippen molar-refractivity contribution in [2.24, 2.45) is 13.0 Å². The van der Waals surface area contributed by atoms with Gasteiger partial charge in [-0.25, -0.2) is 0 Å². The van der Waals surface area contributed by atoms with Crippen molar-refractivity contribution in [1.82, 2.24) is 25.4 Å². The maximum absolute atomic E-state index is 13.7. The average Bonchev–Trinajstić information content (AvgIpc) is 3.20. The number of carbonyl (C=O) groups excluding carboxylic acids is 4. The zero-order chi connectivity index (χ0) is 26.0. The number of piperidine rings is 1. The molecule has 194 valence electrons. The highest BCUT2D eigenvalue weighted by Crippen LogP contribution is 2.24. The number of carbonyl (C=O) groups is 4. The minimum Gasteiger partial charge on any atom is -0.350 e. The van der Waals surface area contributed by atoms with Crippen LogP contribution in [-0.4, -0.2) is 63.8 Å². The molecular weight excluding hydrogens is 458 g/mol. The van der Waals surface area contributed by atoms with E-state index in [0.29, 0.717) is 19.4 Å². The van der Waals surface area contributed by atoms with Crippen molar-refractivity contribution in [2.45, 2.75) is 77.0 Å². The molecule has 0 aliphatic carbocycles. The lowest BCUT2D eigenvalue weighted by atomic mass is 9.93. The fraction of sp³-hybridized carbons (Fsp3) is 0.556. The molecule has 3 heterocycles. The van der Waals surface area contributed by atoms with Gasteiger partial charge in [0, 0.05) is 37.1 Å². The predicted octanol–water partition coefficient (Wildman–Crippen LogP) is 1.64. The van der Waals surface area contributed by atoms with Crippen molar-refractivity contribution < 1.29 is 19.2 Å². The minimum absolute atomic E-state index is 0.136. The van der Waals surface area contributed by atoms with Gasteiger partial charge >= 0.3 is 0 Å². The summed E-state index contributed by atoms with van der Waals surface area (Å²) < 4.78 is 1.99. The number of benzene rings is 1. The summed E-state index contributed by atoms with van der Waals surface area (Å²) in [5.74, 6) is -1.53. The number of fused-ring (bicyclic) bond motifs is 2. The second kappa shape index (κ2) is 10.7. The SMILES string of the molecule is CCC(C)[C@@H]1NC(=O)C(Cc2cn(C)c3ccccc23)NC(=O)[C@H](C)NC(=O)[C@H]2CCCCN2C1=O. The first kappa shape index (κ1) is 25.7. The van der Waals surface area contributed by atoms with Gasteiger partial charge in [-0.2, -0.15) is 0 Å². The molecule has 2 aromatic rings. The van der Waals surface area contributed by atoms with Crippen molar-refractivity contribution in [3.63, 3.8) is 0 Å². The van der Waals surface area contributed by atoms with Gasteiger partial charge in [-0.3, -0.25) is 19.2 Å². The number of aromatic nitrogens is 1. The van der Waals surface area contributed by atoms with Crippen LogP contribution in [0.2, 0.25) is 0 Å². The highest BCUT2D eigenvalue weighted by Gasteiger charge is 2.40. The Balaban J connectivity index is 1.70. The summed E-state index contributed by atoms with van der Waals surface area (Å²) in [5.41, 5.74) is 1.94. The molecule has 2 aliphatic heterocycles. The molecule has 2 unspecified atom stereocenters. The fourth-order valence-corrected chi connectivity index (χ4v) is 5.27. The van der Waals surface area contributed by atoms with Gasteiger partial charge in [0.15, 0.2) is 0 Å². The van der Waals surface area contributed by atoms with E-state index in [4.69, 9.17) is 0 Å². The third-order valence-corrected chi connectivity index (χ3v) is 7.65. The number of aryl methyl sites for hydroxylation is 1. The Kier molecular flexibility index (Phi) is 7.66. The lowest BCUT2D eigenvalue weighted by molar-refractivity contribution is -0.147. The molecule has 3 N–H and O–H groups in total. The molecule has 0 radical (unpaired) electrons. The summed E-state index contributed by atoms with van der Waals surface area (Å²) in [6.45, 7) is 5.95. The maximum Gasteiger partial charge on any atom is 0.246 e. The largest absolute Gasteiger partial charge is 0.350 e. The highest BCUT2D eigenvalue weighted by atomic mass is 16.2. The van der Waals surface area contributed by atoms with E-state index in [2.05, 4.69) is 16.0 Å². The van der Waals surface area contributed by atoms with Crippen LogP contribution in [0.25, 0.3) is 10.9 Å². The van der Waals surface area contributed by atoms with Crippen LogP contribution in [0.1, 0.15) is 52.0 Å². The standard InChI is InChI=1S/C27H37N5O4/c1-5-16(2)23-27(36)32-13-9-8-12-22(32)26(35)28-17(3)24(33)29-20(25(34)30-23)14-18-15-31(4)21-11-7-6-10-19(18)21/h6-7,10-11,15-17,20,22-23H,5,8-9,12-14H2,1-4H3,(H,28,35)(H,29,33)(H,30,34)/t16?,17-,20?,22+,23-/m0/s1. The first-order valence-corrected chi connectivity index (χ1v) is 13.0. The van der Waals surface area contributed by atoms with Gasteiger partial charge in [-0.1, -0.05) is 38.5 Å². The summed E-state index contributed by atoms with van der Waals surface area (Å²) in [6.07, 6.45) is 5.07. The number of nitrogens with zero attached hydrogens (tertiary/aromatic N) is 2. The summed E-state index contributed by atoms with van der Waals surface area (Å²) in [7, 11) is 1.94. The van der Waals surface area contributed by atoms with Crippen LogP contribution < -0.4 is 16.0 Å². The molecule has 9 heteroatoms. The number of rotatable bonds is 4. The van der Waals surface area contributed by atoms with Crippen molar-refractivity contribution in [3.05, 3.63) is 36.0 Å². The third-order valence-electron chi connectivity index (χ3n) is 7.65. The van der Waals surface area contributed by atoms with Crippen LogP contribution in [0.5, 0.6) is 0 Å². The van der Waals surface area contributed by atoms with E-state index in [1.54, 1.807) is 11.8 Å². The number of para-hydroxylation sites is 1. The molecule has 2 aliphatic rings. The van der Waals surface area contributed by atoms with E-state index in [9.17, 15) is 19.2 Å². The quantitative estimate of drug-likeness (QED) is 0.599. The second-order valence-corrected chi connectivity index (χ2v) is 10.2. The van der Waals surface area contributed by atoms with E-state index < -0.39 is 36.0 Å². The van der Waals surface area contributed by atoms with E-state index in [0.717, 1.165) is 29.3 Å². The van der Waals surface area contributed by atoms with Crippen molar-refractivity contribution in [3.8, 4) is 0 Å². The molecule has 1 aromatic heterocycles. The monoisotopic (exact) mass is 495 g/mol. The first-order chi connectivity index (χ1) is 17.2. The number of hydrogen-bond acceptors (Lipinski definition) is 4. The average molecular weight is 496 g/mol. The van der Waals surface area contributed by atoms with Crippen molar-refractivity contribution in [1.29, 1.82) is 0 Å². The Labute approximate surface area is 212 Å². The van der Waals surface area contributed by atoms with Gasteiger partial charge < -0.3 is 25.4 Å². The molecule has 2 saturated heterocycles. The smallest absolute Gasteiger partial charge is 0.246 e. The number of hydrogen-bond donors (Lipinski definition) is 3. The zero-order valence-electron chi connectivity index (χ0n) is 21.5. The van der Waals surface area contributed by atoms with E-state index in [-0.39, 0.29) is 24.2 Å². The predicted molar refractivity (Wildman–Crippen MR) is 137 cm³/mol. The number of amides is 4. The molecule has 9 nitrogen and oxygen atoms in total. The van der Waals surface area contributed by atoms with Crippen LogP contribution in [0.4, 0.5) is 0 Å². The lowest BCUT2D eigenvalue weighted by Gasteiger charge is -2.39. The first-order valence-electron chi connectivity index (χ1n) is 13.0. The fourth-order valence-electron chi connectivity index (χ4n) is 5.27. The molecule has 5 atom stereocenters. The summed E-state index contributed by atoms with van der Waals surface area (Å²) in [6, 6.07) is 4.72. The van der Waals surface area contributed by atoms with Gasteiger partial charge in [0.05, 0.1) is 0 Å². The van der Waals surface area contributed by atoms with Gasteiger partial charge in [0.1, 0.15) is 24.2 Å². The Morgan fingerprint density at radius 1 is 1.00 bits per heavy atom. The van der Waals surface area contributed by atoms with Crippen LogP contribution in [0.3, 0.4) is 0 Å². The summed E-state index contributed by atoms with van der Waals surface area (Å²) >= 11 is 0. The Bertz CT molecular complexity index is 1160. The van der Waals surface area contributed by atoms with Crippen LogP contribution in [0, 0.1) is 5.92 Å². The molecule has 0 bridgehead atoms. The Morgan fingerprint density at radius 2 is 1.75 bits per heavy atom. The van der Waals surface area contributed by atoms with Crippen LogP contribution >= 0.6 is 0 Å². The lowest BCUT2D eigenvalue weighted by Crippen LogP contribution is -2.64. The molecule has 4 rings (SSSR count). The van der Waals surface area contributed by atoms with Gasteiger partial charge in [0.2, 0.25) is 23.6 Å². The molecule has 0 spiro atoms. The Hall–Kier alpha value is -3.36. The topological polar surface area (TPSA) is 113 Å². The van der Waals surface area contributed by atoms with Crippen molar-refractivity contribution in [2.75, 3.05) is 6.54 Å². The highest BCUT2D eigenvalue weighted by molar-refractivity contribution is 5.98. The zero-order valence-corrected chi connectivity index (χ0v) is 21.5. The molecule has 1 aromatic carbocycles. The third kappa shape index (κ3) is 5.10. The maximum atomic E-state index is 13.7. The molecule has 4 amide bonds. The second-order valence-electron chi connectivity index (χ2n) is 10.2. The van der Waals surface area contributed by atoms with Crippen LogP contribution in [-0.2, 0) is 32.6 Å². The molecule has 0 saturated carbocycles. The summed E-state index contributed by atoms with van der Waals surface area (Å²) in [5, 5.41) is 9.58. The van der Waals surface area contributed by atoms with E-state index in [1.807, 2.05) is 55.9 Å². The summed E-state index contributed by atoms with van der Waals surface area (Å²) in [4.78, 5) is 55.2. The van der Waals surface area contributed by atoms with E-state index in [1.165, 1.54) is 0 Å². The van der Waals surface area contributed by atoms with Crippen molar-refractivity contribution >= 4 is 34.5 Å². The minimum atomic E-state index is -0.904. The normalized spacial score (nSPS) is 26.8. The molecule has 36 heavy (non-hydrogen) atoms.